The third kappa shape index (κ3) is 5.22. The van der Waals surface area contributed by atoms with Crippen LogP contribution in [0.2, 0.25) is 0 Å². The van der Waals surface area contributed by atoms with Crippen molar-refractivity contribution in [3.8, 4) is 11.3 Å². The molecule has 0 saturated carbocycles. The zero-order chi connectivity index (χ0) is 21.7. The van der Waals surface area contributed by atoms with Crippen molar-refractivity contribution in [2.75, 3.05) is 22.7 Å². The van der Waals surface area contributed by atoms with Crippen LogP contribution >= 0.6 is 0 Å². The van der Waals surface area contributed by atoms with Gasteiger partial charge >= 0.3 is 0 Å². The van der Waals surface area contributed by atoms with Gasteiger partial charge in [-0.1, -0.05) is 44.0 Å². The van der Waals surface area contributed by atoms with E-state index in [1.54, 1.807) is 24.3 Å². The van der Waals surface area contributed by atoms with Gasteiger partial charge in [0.25, 0.3) is 10.0 Å². The van der Waals surface area contributed by atoms with Crippen molar-refractivity contribution in [2.24, 2.45) is 0 Å². The summed E-state index contributed by atoms with van der Waals surface area (Å²) in [4.78, 5) is 2.55. The largest absolute Gasteiger partial charge is 0.355 e. The van der Waals surface area contributed by atoms with Gasteiger partial charge in [-0.2, -0.15) is 0 Å². The highest BCUT2D eigenvalue weighted by molar-refractivity contribution is 7.92. The molecule has 6 nitrogen and oxygen atoms in total. The van der Waals surface area contributed by atoms with E-state index in [0.717, 1.165) is 42.1 Å². The molecule has 7 heteroatoms. The number of nitrogens with zero attached hydrogens (tertiary/aromatic N) is 3. The molecule has 3 aromatic rings. The molecule has 1 aliphatic rings. The highest BCUT2D eigenvalue weighted by Gasteiger charge is 2.15. The summed E-state index contributed by atoms with van der Waals surface area (Å²) in [5.41, 5.74) is 3.28. The fourth-order valence-corrected chi connectivity index (χ4v) is 4.83. The predicted octanol–water partition coefficient (Wildman–Crippen LogP) is 4.89. The van der Waals surface area contributed by atoms with Crippen molar-refractivity contribution in [1.82, 2.24) is 10.2 Å². The molecule has 1 aliphatic heterocycles. The Kier molecular flexibility index (Phi) is 6.51. The van der Waals surface area contributed by atoms with Crippen molar-refractivity contribution in [3.05, 3.63) is 66.2 Å². The van der Waals surface area contributed by atoms with Crippen molar-refractivity contribution >= 4 is 21.5 Å². The van der Waals surface area contributed by atoms with Gasteiger partial charge < -0.3 is 4.90 Å². The van der Waals surface area contributed by atoms with Crippen molar-refractivity contribution in [3.63, 3.8) is 0 Å². The molecular formula is C24H28N4O2S. The lowest BCUT2D eigenvalue weighted by atomic mass is 10.1. The summed E-state index contributed by atoms with van der Waals surface area (Å²) < 4.78 is 27.9. The number of hydrogen-bond donors (Lipinski definition) is 1. The first-order valence-corrected chi connectivity index (χ1v) is 12.3. The number of hydrogen-bond acceptors (Lipinski definition) is 5. The Bertz CT molecular complexity index is 1090. The highest BCUT2D eigenvalue weighted by atomic mass is 32.2. The van der Waals surface area contributed by atoms with E-state index in [9.17, 15) is 8.42 Å². The van der Waals surface area contributed by atoms with Gasteiger partial charge in [0, 0.05) is 24.3 Å². The Hall–Kier alpha value is -2.93. The summed E-state index contributed by atoms with van der Waals surface area (Å²) >= 11 is 0. The van der Waals surface area contributed by atoms with E-state index in [1.807, 2.05) is 43.3 Å². The molecule has 0 aliphatic carbocycles. The van der Waals surface area contributed by atoms with Crippen LogP contribution in [-0.4, -0.2) is 31.7 Å². The molecule has 1 aromatic heterocycles. The fourth-order valence-electron chi connectivity index (χ4n) is 3.78. The monoisotopic (exact) mass is 436 g/mol. The topological polar surface area (TPSA) is 75.2 Å². The van der Waals surface area contributed by atoms with Gasteiger partial charge in [-0.3, -0.25) is 4.72 Å². The smallest absolute Gasteiger partial charge is 0.261 e. The highest BCUT2D eigenvalue weighted by Crippen LogP contribution is 2.23. The molecule has 0 amide bonds. The average molecular weight is 437 g/mol. The lowest BCUT2D eigenvalue weighted by molar-refractivity contribution is 0.601. The van der Waals surface area contributed by atoms with Crippen molar-refractivity contribution < 1.29 is 8.42 Å². The van der Waals surface area contributed by atoms with E-state index >= 15 is 0 Å². The van der Waals surface area contributed by atoms with Crippen LogP contribution < -0.4 is 9.62 Å². The zero-order valence-electron chi connectivity index (χ0n) is 17.8. The second-order valence-corrected chi connectivity index (χ2v) is 9.54. The first-order chi connectivity index (χ1) is 15.0. The molecule has 0 atom stereocenters. The quantitative estimate of drug-likeness (QED) is 0.596. The number of benzene rings is 2. The maximum Gasteiger partial charge on any atom is 0.261 e. The molecule has 0 spiro atoms. The Morgan fingerprint density at radius 1 is 0.839 bits per heavy atom. The van der Waals surface area contributed by atoms with Gasteiger partial charge in [0.2, 0.25) is 0 Å². The second-order valence-electron chi connectivity index (χ2n) is 7.86. The van der Waals surface area contributed by atoms with Crippen molar-refractivity contribution in [1.29, 1.82) is 0 Å². The number of aryl methyl sites for hydroxylation is 1. The maximum atomic E-state index is 12.6. The molecule has 0 unspecified atom stereocenters. The van der Waals surface area contributed by atoms with Crippen molar-refractivity contribution in [2.45, 2.75) is 43.9 Å². The third-order valence-electron chi connectivity index (χ3n) is 5.66. The Morgan fingerprint density at radius 2 is 1.52 bits per heavy atom. The molecular weight excluding hydrogens is 408 g/mol. The van der Waals surface area contributed by atoms with Gasteiger partial charge in [0.15, 0.2) is 5.82 Å². The van der Waals surface area contributed by atoms with Crippen LogP contribution in [0.25, 0.3) is 11.3 Å². The van der Waals surface area contributed by atoms with E-state index in [-0.39, 0.29) is 4.90 Å². The minimum absolute atomic E-state index is 0.253. The minimum atomic E-state index is -3.62. The normalized spacial score (nSPS) is 14.8. The summed E-state index contributed by atoms with van der Waals surface area (Å²) in [7, 11) is -3.62. The van der Waals surface area contributed by atoms with Crippen LogP contribution in [0.5, 0.6) is 0 Å². The summed E-state index contributed by atoms with van der Waals surface area (Å²) in [5, 5.41) is 8.81. The summed E-state index contributed by atoms with van der Waals surface area (Å²) in [6.07, 6.45) is 5.83. The van der Waals surface area contributed by atoms with Crippen LogP contribution in [0.1, 0.15) is 38.2 Å². The van der Waals surface area contributed by atoms with Crippen LogP contribution in [0.3, 0.4) is 0 Å². The maximum absolute atomic E-state index is 12.6. The number of aromatic nitrogens is 2. The molecule has 0 bridgehead atoms. The molecule has 1 fully saturated rings. The van der Waals surface area contributed by atoms with Gasteiger partial charge in [0.1, 0.15) is 0 Å². The SMILES string of the molecule is CCc1ccc(S(=O)(=O)Nc2ccc(-c3ccc(N4CCCCCC4)nn3)cc2)cc1. The Balaban J connectivity index is 1.45. The van der Waals surface area contributed by atoms with Crippen LogP contribution in [-0.2, 0) is 16.4 Å². The molecule has 2 heterocycles. The van der Waals surface area contributed by atoms with Gasteiger partial charge in [0.05, 0.1) is 10.6 Å². The number of sulfonamides is 1. The Morgan fingerprint density at radius 3 is 2.10 bits per heavy atom. The summed E-state index contributed by atoms with van der Waals surface area (Å²) in [6, 6.07) is 18.1. The number of rotatable bonds is 6. The standard InChI is InChI=1S/C24H28N4O2S/c1-2-19-7-13-22(14-8-19)31(29,30)27-21-11-9-20(10-12-21)23-15-16-24(26-25-23)28-17-5-3-4-6-18-28/h7-16,27H,2-6,17-18H2,1H3. The first kappa shape index (κ1) is 21.3. The van der Waals surface area contributed by atoms with Crippen LogP contribution in [0.15, 0.2) is 65.6 Å². The van der Waals surface area contributed by atoms with E-state index in [2.05, 4.69) is 19.8 Å². The van der Waals surface area contributed by atoms with Gasteiger partial charge in [-0.25, -0.2) is 8.42 Å². The fraction of sp³-hybridized carbons (Fsp3) is 0.333. The van der Waals surface area contributed by atoms with Gasteiger partial charge in [-0.05, 0) is 61.2 Å². The zero-order valence-corrected chi connectivity index (χ0v) is 18.6. The summed E-state index contributed by atoms with van der Waals surface area (Å²) in [5.74, 6) is 0.920. The molecule has 2 aromatic carbocycles. The Labute approximate surface area is 184 Å². The van der Waals surface area contributed by atoms with E-state index in [1.165, 1.54) is 25.7 Å². The van der Waals surface area contributed by atoms with E-state index < -0.39 is 10.0 Å². The van der Waals surface area contributed by atoms with Gasteiger partial charge in [-0.15, -0.1) is 10.2 Å². The van der Waals surface area contributed by atoms with Crippen LogP contribution in [0, 0.1) is 0 Å². The van der Waals surface area contributed by atoms with E-state index in [4.69, 9.17) is 0 Å². The molecule has 162 valence electrons. The summed E-state index contributed by atoms with van der Waals surface area (Å²) in [6.45, 7) is 4.10. The van der Waals surface area contributed by atoms with E-state index in [0.29, 0.717) is 5.69 Å². The third-order valence-corrected chi connectivity index (χ3v) is 7.05. The second kappa shape index (κ2) is 9.47. The predicted molar refractivity (Wildman–Crippen MR) is 125 cm³/mol. The molecule has 31 heavy (non-hydrogen) atoms. The lowest BCUT2D eigenvalue weighted by Gasteiger charge is -2.20. The first-order valence-electron chi connectivity index (χ1n) is 10.9. The molecule has 4 rings (SSSR count). The molecule has 1 N–H and O–H groups in total. The molecule has 0 radical (unpaired) electrons. The lowest BCUT2D eigenvalue weighted by Crippen LogP contribution is -2.25. The minimum Gasteiger partial charge on any atom is -0.355 e. The molecule has 1 saturated heterocycles. The van der Waals surface area contributed by atoms with Crippen LogP contribution in [0.4, 0.5) is 11.5 Å². The number of anilines is 2. The number of nitrogens with one attached hydrogen (secondary N) is 1. The average Bonchev–Trinajstić information content (AvgIpc) is 3.09.